The molecular formula is C20H14O6. The van der Waals surface area contributed by atoms with Crippen molar-refractivity contribution >= 4 is 5.78 Å². The summed E-state index contributed by atoms with van der Waals surface area (Å²) in [4.78, 5) is 12.4. The monoisotopic (exact) mass is 350 g/mol. The molecule has 4 aliphatic rings. The fourth-order valence-corrected chi connectivity index (χ4v) is 4.73. The van der Waals surface area contributed by atoms with Crippen molar-refractivity contribution in [3.05, 3.63) is 70.3 Å². The van der Waals surface area contributed by atoms with Gasteiger partial charge in [-0.05, 0) is 35.4 Å². The Morgan fingerprint density at radius 3 is 2.65 bits per heavy atom. The highest BCUT2D eigenvalue weighted by Crippen LogP contribution is 2.62. The summed E-state index contributed by atoms with van der Waals surface area (Å²) < 4.78 is 12.0. The number of aliphatic hydroxyl groups is 1. The van der Waals surface area contributed by atoms with Crippen molar-refractivity contribution < 1.29 is 29.6 Å². The van der Waals surface area contributed by atoms with Crippen molar-refractivity contribution in [3.8, 4) is 11.5 Å². The lowest BCUT2D eigenvalue weighted by Gasteiger charge is -2.32. The number of benzene rings is 2. The molecule has 2 aromatic rings. The van der Waals surface area contributed by atoms with Gasteiger partial charge in [0.15, 0.2) is 5.78 Å². The van der Waals surface area contributed by atoms with Crippen molar-refractivity contribution in [2.45, 2.75) is 30.0 Å². The van der Waals surface area contributed by atoms with Gasteiger partial charge in [-0.25, -0.2) is 0 Å². The Morgan fingerprint density at radius 1 is 0.962 bits per heavy atom. The highest BCUT2D eigenvalue weighted by Gasteiger charge is 2.63. The summed E-state index contributed by atoms with van der Waals surface area (Å²) in [5.74, 6) is -0.381. The van der Waals surface area contributed by atoms with Gasteiger partial charge in [-0.2, -0.15) is 0 Å². The normalized spacial score (nSPS) is 35.2. The van der Waals surface area contributed by atoms with Crippen LogP contribution in [-0.2, 0) is 15.1 Å². The van der Waals surface area contributed by atoms with Crippen LogP contribution < -0.4 is 0 Å². The molecular weight excluding hydrogens is 336 g/mol. The number of allylic oxidation sites excluding steroid dienone is 1. The molecule has 1 spiro atoms. The topological polar surface area (TPSA) is 99.5 Å². The van der Waals surface area contributed by atoms with Gasteiger partial charge < -0.3 is 24.8 Å². The molecule has 2 aromatic carbocycles. The summed E-state index contributed by atoms with van der Waals surface area (Å²) in [7, 11) is 0. The molecule has 0 amide bonds. The number of aromatic hydroxyl groups is 2. The molecule has 6 rings (SSSR count). The number of carbonyl (C=O) groups excluding carboxylic acids is 1. The van der Waals surface area contributed by atoms with E-state index in [4.69, 9.17) is 9.47 Å². The van der Waals surface area contributed by atoms with Gasteiger partial charge >= 0.3 is 0 Å². The Hall–Kier alpha value is -2.67. The van der Waals surface area contributed by atoms with Crippen LogP contribution in [0, 0.1) is 0 Å². The number of phenols is 2. The Morgan fingerprint density at radius 2 is 1.81 bits per heavy atom. The van der Waals surface area contributed by atoms with Gasteiger partial charge in [-0.1, -0.05) is 18.2 Å². The van der Waals surface area contributed by atoms with E-state index in [1.807, 2.05) is 0 Å². The van der Waals surface area contributed by atoms with Crippen molar-refractivity contribution in [2.75, 3.05) is 0 Å². The fourth-order valence-electron chi connectivity index (χ4n) is 4.73. The molecule has 5 atom stereocenters. The number of ether oxygens (including phenoxy) is 2. The van der Waals surface area contributed by atoms with Gasteiger partial charge in [0, 0.05) is 11.1 Å². The van der Waals surface area contributed by atoms with E-state index < -0.39 is 23.9 Å². The molecule has 0 saturated carbocycles. The van der Waals surface area contributed by atoms with E-state index in [1.54, 1.807) is 24.3 Å². The van der Waals surface area contributed by atoms with E-state index in [0.717, 1.165) is 5.56 Å². The number of phenolic OH excluding ortho intramolecular Hbond substituents is 2. The summed E-state index contributed by atoms with van der Waals surface area (Å²) >= 11 is 0. The van der Waals surface area contributed by atoms with E-state index in [0.29, 0.717) is 16.7 Å². The predicted octanol–water partition coefficient (Wildman–Crippen LogP) is 1.98. The molecule has 2 aliphatic heterocycles. The predicted molar refractivity (Wildman–Crippen MR) is 87.9 cm³/mol. The van der Waals surface area contributed by atoms with Crippen molar-refractivity contribution in [2.24, 2.45) is 0 Å². The van der Waals surface area contributed by atoms with Crippen LogP contribution in [0.2, 0.25) is 0 Å². The van der Waals surface area contributed by atoms with E-state index in [2.05, 4.69) is 0 Å². The summed E-state index contributed by atoms with van der Waals surface area (Å²) in [6, 6.07) is 8.18. The van der Waals surface area contributed by atoms with Gasteiger partial charge in [0.2, 0.25) is 0 Å². The second kappa shape index (κ2) is 4.35. The molecule has 5 unspecified atom stereocenters. The smallest absolute Gasteiger partial charge is 0.189 e. The van der Waals surface area contributed by atoms with Crippen LogP contribution in [0.25, 0.3) is 0 Å². The molecule has 26 heavy (non-hydrogen) atoms. The molecule has 2 heterocycles. The molecule has 2 aliphatic carbocycles. The third kappa shape index (κ3) is 1.47. The lowest BCUT2D eigenvalue weighted by atomic mass is 9.76. The molecule has 0 radical (unpaired) electrons. The Balaban J connectivity index is 1.68. The van der Waals surface area contributed by atoms with Crippen LogP contribution in [0.15, 0.2) is 42.5 Å². The molecule has 1 saturated heterocycles. The van der Waals surface area contributed by atoms with Crippen molar-refractivity contribution in [3.63, 3.8) is 0 Å². The molecule has 1 fully saturated rings. The molecule has 6 nitrogen and oxygen atoms in total. The Kier molecular flexibility index (Phi) is 2.42. The van der Waals surface area contributed by atoms with Crippen molar-refractivity contribution in [1.29, 1.82) is 0 Å². The minimum Gasteiger partial charge on any atom is -0.508 e. The van der Waals surface area contributed by atoms with Gasteiger partial charge in [0.05, 0.1) is 5.56 Å². The first-order chi connectivity index (χ1) is 12.5. The molecule has 0 aromatic heterocycles. The van der Waals surface area contributed by atoms with Crippen LogP contribution in [0.5, 0.6) is 11.5 Å². The SMILES string of the molecule is O=C1C=CC2(OC3c4c2ccc(O)c4C(O)C2OC32)c2cccc(O)c21. The van der Waals surface area contributed by atoms with E-state index in [1.165, 1.54) is 18.2 Å². The van der Waals surface area contributed by atoms with Crippen molar-refractivity contribution in [1.82, 2.24) is 0 Å². The Bertz CT molecular complexity index is 1040. The minimum atomic E-state index is -1.06. The van der Waals surface area contributed by atoms with Crippen LogP contribution in [0.1, 0.15) is 44.8 Å². The zero-order valence-electron chi connectivity index (χ0n) is 13.4. The number of rotatable bonds is 0. The lowest BCUT2D eigenvalue weighted by molar-refractivity contribution is -0.0335. The van der Waals surface area contributed by atoms with Gasteiger partial charge in [-0.3, -0.25) is 4.79 Å². The summed E-state index contributed by atoms with van der Waals surface area (Å²) in [6.45, 7) is 0. The number of aliphatic hydroxyl groups excluding tert-OH is 1. The maximum Gasteiger partial charge on any atom is 0.189 e. The maximum absolute atomic E-state index is 12.4. The number of epoxide rings is 1. The third-order valence-corrected chi connectivity index (χ3v) is 5.89. The van der Waals surface area contributed by atoms with Crippen LogP contribution >= 0.6 is 0 Å². The summed E-state index contributed by atoms with van der Waals surface area (Å²) in [5.41, 5.74) is 1.59. The first kappa shape index (κ1) is 14.5. The quantitative estimate of drug-likeness (QED) is 0.628. The van der Waals surface area contributed by atoms with E-state index in [-0.39, 0.29) is 28.9 Å². The fraction of sp³-hybridized carbons (Fsp3) is 0.250. The standard InChI is InChI=1S/C20H14O6/c21-10-3-1-2-8-13(10)12(23)6-7-20(8)9-4-5-11(22)15-14(9)17(26-20)19-18(25-19)16(15)24/h1-7,16-19,21-22,24H. The van der Waals surface area contributed by atoms with E-state index >= 15 is 0 Å². The Labute approximate surface area is 147 Å². The highest BCUT2D eigenvalue weighted by molar-refractivity contribution is 6.09. The average Bonchev–Trinajstić information content (AvgIpc) is 3.36. The number of hydrogen-bond acceptors (Lipinski definition) is 6. The second-order valence-electron chi connectivity index (χ2n) is 7.14. The zero-order valence-corrected chi connectivity index (χ0v) is 13.4. The van der Waals surface area contributed by atoms with Gasteiger partial charge in [0.1, 0.15) is 41.5 Å². The molecule has 0 bridgehead atoms. The molecule has 6 heteroatoms. The third-order valence-electron chi connectivity index (χ3n) is 5.89. The number of ketones is 1. The molecule has 130 valence electrons. The van der Waals surface area contributed by atoms with Crippen LogP contribution in [-0.4, -0.2) is 33.3 Å². The van der Waals surface area contributed by atoms with Gasteiger partial charge in [-0.15, -0.1) is 0 Å². The largest absolute Gasteiger partial charge is 0.508 e. The first-order valence-corrected chi connectivity index (χ1v) is 8.46. The summed E-state index contributed by atoms with van der Waals surface area (Å²) in [5, 5.41) is 31.1. The second-order valence-corrected chi connectivity index (χ2v) is 7.14. The number of hydrogen-bond donors (Lipinski definition) is 3. The van der Waals surface area contributed by atoms with Gasteiger partial charge in [0.25, 0.3) is 0 Å². The lowest BCUT2D eigenvalue weighted by Crippen LogP contribution is -2.31. The molecule has 3 N–H and O–H groups in total. The average molecular weight is 350 g/mol. The number of fused-ring (bicyclic) bond motifs is 5. The zero-order chi connectivity index (χ0) is 17.8. The number of carbonyl (C=O) groups is 1. The van der Waals surface area contributed by atoms with Crippen LogP contribution in [0.3, 0.4) is 0 Å². The van der Waals surface area contributed by atoms with E-state index in [9.17, 15) is 20.1 Å². The first-order valence-electron chi connectivity index (χ1n) is 8.46. The minimum absolute atomic E-state index is 0.00264. The summed E-state index contributed by atoms with van der Waals surface area (Å²) in [6.07, 6.45) is 1.04. The maximum atomic E-state index is 12.4. The highest BCUT2D eigenvalue weighted by atomic mass is 16.6. The van der Waals surface area contributed by atoms with Crippen LogP contribution in [0.4, 0.5) is 0 Å².